The predicted octanol–water partition coefficient (Wildman–Crippen LogP) is 8.41. The molecule has 1 amide bonds. The van der Waals surface area contributed by atoms with E-state index >= 15 is 8.78 Å². The second-order valence-electron chi connectivity index (χ2n) is 16.8. The van der Waals surface area contributed by atoms with Gasteiger partial charge in [-0.05, 0) is 88.5 Å². The first-order chi connectivity index (χ1) is 28.0. The summed E-state index contributed by atoms with van der Waals surface area (Å²) >= 11 is 0. The highest BCUT2D eigenvalue weighted by Gasteiger charge is 2.47. The fraction of sp³-hybridized carbons (Fsp3) is 0.476. The number of nitrogens with zero attached hydrogens (tertiary/aromatic N) is 6. The van der Waals surface area contributed by atoms with Gasteiger partial charge in [-0.1, -0.05) is 12.0 Å². The van der Waals surface area contributed by atoms with E-state index in [1.54, 1.807) is 30.6 Å². The summed E-state index contributed by atoms with van der Waals surface area (Å²) in [6, 6.07) is 3.78. The molecule has 4 fully saturated rings. The Morgan fingerprint density at radius 2 is 1.73 bits per heavy atom. The fourth-order valence-electron chi connectivity index (χ4n) is 8.57. The van der Waals surface area contributed by atoms with Crippen molar-refractivity contribution in [2.24, 2.45) is 5.41 Å². The van der Waals surface area contributed by atoms with Crippen molar-refractivity contribution in [1.29, 1.82) is 0 Å². The Kier molecular flexibility index (Phi) is 10.4. The summed E-state index contributed by atoms with van der Waals surface area (Å²) in [6.45, 7) is 3.77. The lowest BCUT2D eigenvalue weighted by molar-refractivity contribution is -0.0517. The first kappa shape index (κ1) is 40.3. The molecule has 2 bridgehead atoms. The fourth-order valence-corrected chi connectivity index (χ4v) is 8.57. The molecule has 2 aromatic heterocycles. The minimum Gasteiger partial charge on any atom is -0.508 e. The number of phenolic OH excluding ortho intramolecular Hbond substituents is 1. The van der Waals surface area contributed by atoms with Crippen molar-refractivity contribution in [3.8, 4) is 41.2 Å². The van der Waals surface area contributed by atoms with E-state index in [2.05, 4.69) is 25.8 Å². The van der Waals surface area contributed by atoms with Crippen molar-refractivity contribution in [2.45, 2.75) is 83.6 Å². The number of anilines is 1. The number of hydrogen-bond acceptors (Lipinski definition) is 10. The van der Waals surface area contributed by atoms with E-state index < -0.39 is 53.1 Å². The number of carbonyl (C=O) groups is 1. The Morgan fingerprint density at radius 1 is 1.03 bits per heavy atom. The van der Waals surface area contributed by atoms with Crippen LogP contribution in [-0.4, -0.2) is 99.6 Å². The van der Waals surface area contributed by atoms with Crippen molar-refractivity contribution in [2.75, 3.05) is 44.2 Å². The number of aromatic nitrogens is 3. The molecule has 2 aromatic carbocycles. The van der Waals surface area contributed by atoms with Gasteiger partial charge in [0.2, 0.25) is 5.88 Å². The van der Waals surface area contributed by atoms with E-state index in [-0.39, 0.29) is 100 Å². The Hall–Kier alpha value is -5.50. The van der Waals surface area contributed by atoms with Gasteiger partial charge in [-0.2, -0.15) is 27.5 Å². The maximum atomic E-state index is 17.3. The number of piperidine rings is 1. The van der Waals surface area contributed by atoms with Crippen LogP contribution in [0.25, 0.3) is 32.9 Å². The molecule has 2 unspecified atom stereocenters. The molecule has 1 aliphatic carbocycles. The van der Waals surface area contributed by atoms with Crippen LogP contribution in [0.3, 0.4) is 0 Å². The van der Waals surface area contributed by atoms with Crippen LogP contribution in [0.5, 0.6) is 17.6 Å². The molecule has 312 valence electrons. The number of halogens is 6. The number of hydrogen-bond donors (Lipinski definition) is 1. The number of phenols is 1. The third-order valence-electron chi connectivity index (χ3n) is 11.5. The number of terminal acetylenes is 1. The summed E-state index contributed by atoms with van der Waals surface area (Å²) in [5, 5.41) is 10.6. The lowest BCUT2D eigenvalue weighted by Crippen LogP contribution is -2.57. The molecular weight excluding hydrogens is 782 g/mol. The minimum absolute atomic E-state index is 0.00936. The Bertz CT molecular complexity index is 2390. The van der Waals surface area contributed by atoms with Gasteiger partial charge in [-0.15, -0.1) is 6.42 Å². The molecule has 2 atom stereocenters. The van der Waals surface area contributed by atoms with Crippen LogP contribution in [0.4, 0.5) is 37.0 Å². The monoisotopic (exact) mass is 824 g/mol. The molecular formula is C42H42F6N6O5. The molecule has 5 heterocycles. The number of carbonyl (C=O) groups excluding carboxylic acids is 1. The molecule has 0 radical (unpaired) electrons. The number of ether oxygens (including phenoxy) is 3. The maximum absolute atomic E-state index is 17.3. The van der Waals surface area contributed by atoms with E-state index in [4.69, 9.17) is 20.6 Å². The largest absolute Gasteiger partial charge is 0.508 e. The summed E-state index contributed by atoms with van der Waals surface area (Å²) in [4.78, 5) is 32.2. The quantitative estimate of drug-likeness (QED) is 0.130. The third-order valence-corrected chi connectivity index (χ3v) is 11.5. The molecule has 0 spiro atoms. The van der Waals surface area contributed by atoms with Crippen LogP contribution in [-0.2, 0) is 4.74 Å². The number of rotatable bonds is 9. The molecule has 4 aromatic rings. The Morgan fingerprint density at radius 3 is 2.34 bits per heavy atom. The van der Waals surface area contributed by atoms with Crippen LogP contribution >= 0.6 is 0 Å². The topological polar surface area (TPSA) is 113 Å². The number of pyridine rings is 1. The molecule has 8 rings (SSSR count). The van der Waals surface area contributed by atoms with Gasteiger partial charge >= 0.3 is 18.7 Å². The summed E-state index contributed by atoms with van der Waals surface area (Å²) in [5.41, 5.74) is -2.54. The smallest absolute Gasteiger partial charge is 0.410 e. The zero-order valence-corrected chi connectivity index (χ0v) is 32.6. The number of fused-ring (bicyclic) bond motifs is 4. The van der Waals surface area contributed by atoms with Crippen molar-refractivity contribution in [3.05, 3.63) is 53.1 Å². The second-order valence-corrected chi connectivity index (χ2v) is 16.8. The van der Waals surface area contributed by atoms with E-state index in [0.717, 1.165) is 25.0 Å². The molecule has 11 nitrogen and oxygen atoms in total. The van der Waals surface area contributed by atoms with Gasteiger partial charge in [-0.3, -0.25) is 4.90 Å². The molecule has 59 heavy (non-hydrogen) atoms. The third kappa shape index (κ3) is 7.98. The summed E-state index contributed by atoms with van der Waals surface area (Å²) < 4.78 is 104. The number of likely N-dealkylation sites (tertiary alicyclic amines) is 1. The Balaban J connectivity index is 1.24. The average molecular weight is 825 g/mol. The molecule has 17 heteroatoms. The van der Waals surface area contributed by atoms with Crippen LogP contribution in [0.15, 0.2) is 35.9 Å². The molecule has 3 aliphatic heterocycles. The SMILES string of the molecule is C#Cc1c(F)ccc2cc(O)cc(-c3nc(OC(F)F)c4c(N5CC6CCC(C5)N6C(=O)OC(C)(C)C)nc(OCC5(CN6CCC(=C(F)F)CC6)CC5)nc4c3F)c12. The van der Waals surface area contributed by atoms with E-state index in [9.17, 15) is 27.5 Å². The van der Waals surface area contributed by atoms with E-state index in [0.29, 0.717) is 32.5 Å². The van der Waals surface area contributed by atoms with Gasteiger partial charge in [0, 0.05) is 49.1 Å². The number of amides is 1. The predicted molar refractivity (Wildman–Crippen MR) is 206 cm³/mol. The molecule has 1 N–H and O–H groups in total. The normalized spacial score (nSPS) is 20.3. The van der Waals surface area contributed by atoms with Crippen LogP contribution in [0.2, 0.25) is 0 Å². The zero-order chi connectivity index (χ0) is 42.0. The minimum atomic E-state index is -3.44. The first-order valence-electron chi connectivity index (χ1n) is 19.5. The lowest BCUT2D eigenvalue weighted by atomic mass is 9.95. The van der Waals surface area contributed by atoms with Gasteiger partial charge in [0.05, 0.1) is 24.3 Å². The highest BCUT2D eigenvalue weighted by atomic mass is 19.3. The highest BCUT2D eigenvalue weighted by Crippen LogP contribution is 2.48. The van der Waals surface area contributed by atoms with Crippen LogP contribution < -0.4 is 14.4 Å². The number of piperazine rings is 1. The molecule has 3 saturated heterocycles. The number of alkyl halides is 2. The maximum Gasteiger partial charge on any atom is 0.410 e. The number of aromatic hydroxyl groups is 1. The summed E-state index contributed by atoms with van der Waals surface area (Å²) in [6.07, 6.45) is 6.85. The van der Waals surface area contributed by atoms with Crippen molar-refractivity contribution < 1.29 is 50.5 Å². The van der Waals surface area contributed by atoms with Gasteiger partial charge in [0.1, 0.15) is 39.6 Å². The van der Waals surface area contributed by atoms with Crippen LogP contribution in [0, 0.1) is 29.4 Å². The standard InChI is InChI=1S/C42H42F6N6O5/c1-5-27-29(43)9-6-23-16-26(55)17-28(30(23)27)33-32(44)34-31(37(49-33)58-38(47)48)36(53-18-24-7-8-25(19-53)54(24)40(56)59-41(2,3)4)51-39(50-34)57-21-42(12-13-42)20-52-14-10-22(11-15-52)35(45)46/h1,6,9,16-17,24-25,38,55H,7-8,10-15,18-21H2,2-4H3. The van der Waals surface area contributed by atoms with Gasteiger partial charge in [0.25, 0.3) is 6.08 Å². The van der Waals surface area contributed by atoms with Gasteiger partial charge in [-0.25, -0.2) is 18.6 Å². The van der Waals surface area contributed by atoms with Crippen molar-refractivity contribution in [3.63, 3.8) is 0 Å². The summed E-state index contributed by atoms with van der Waals surface area (Å²) in [7, 11) is 0. The van der Waals surface area contributed by atoms with E-state index in [1.165, 1.54) is 12.1 Å². The van der Waals surface area contributed by atoms with E-state index in [1.807, 2.05) is 0 Å². The van der Waals surface area contributed by atoms with Crippen molar-refractivity contribution in [1.82, 2.24) is 24.8 Å². The summed E-state index contributed by atoms with van der Waals surface area (Å²) in [5.74, 6) is -0.829. The highest BCUT2D eigenvalue weighted by molar-refractivity contribution is 6.04. The van der Waals surface area contributed by atoms with Crippen molar-refractivity contribution >= 4 is 33.6 Å². The lowest BCUT2D eigenvalue weighted by Gasteiger charge is -2.42. The first-order valence-corrected chi connectivity index (χ1v) is 19.5. The molecule has 4 aliphatic rings. The van der Waals surface area contributed by atoms with Gasteiger partial charge < -0.3 is 29.1 Å². The van der Waals surface area contributed by atoms with Gasteiger partial charge in [0.15, 0.2) is 5.82 Å². The molecule has 1 saturated carbocycles. The second kappa shape index (κ2) is 15.3. The Labute approximate surface area is 335 Å². The average Bonchev–Trinajstić information content (AvgIpc) is 3.88. The van der Waals surface area contributed by atoms with Crippen LogP contribution in [0.1, 0.15) is 64.9 Å². The zero-order valence-electron chi connectivity index (χ0n) is 32.6. The number of benzene rings is 2.